The summed E-state index contributed by atoms with van der Waals surface area (Å²) in [5.41, 5.74) is 2.17. The van der Waals surface area contributed by atoms with Gasteiger partial charge in [0.05, 0.1) is 10.6 Å². The number of sulfonamides is 1. The van der Waals surface area contributed by atoms with Gasteiger partial charge in [0.2, 0.25) is 0 Å². The maximum Gasteiger partial charge on any atom is 0.261 e. The number of thiazole rings is 1. The summed E-state index contributed by atoms with van der Waals surface area (Å²) in [6.45, 7) is 0. The molecule has 8 heteroatoms. The highest BCUT2D eigenvalue weighted by Gasteiger charge is 2.14. The molecule has 0 aliphatic rings. The molecule has 0 fully saturated rings. The number of hydrogen-bond donors (Lipinski definition) is 1. The Hall–Kier alpha value is -1.91. The van der Waals surface area contributed by atoms with E-state index in [-0.39, 0.29) is 4.90 Å². The second-order valence-electron chi connectivity index (χ2n) is 5.36. The Bertz CT molecular complexity index is 1120. The molecular weight excluding hydrogens is 469 g/mol. The number of nitrogens with one attached hydrogen (secondary N) is 1. The van der Waals surface area contributed by atoms with E-state index in [4.69, 9.17) is 0 Å². The molecule has 2 aromatic carbocycles. The zero-order chi connectivity index (χ0) is 17.4. The normalized spacial score (nSPS) is 11.7. The van der Waals surface area contributed by atoms with Crippen LogP contribution in [0.25, 0.3) is 16.2 Å². The number of anilines is 1. The van der Waals surface area contributed by atoms with Gasteiger partial charge in [-0.2, -0.15) is 0 Å². The molecule has 0 aliphatic carbocycles. The lowest BCUT2D eigenvalue weighted by atomic mass is 10.1. The fourth-order valence-corrected chi connectivity index (χ4v) is 4.55. The van der Waals surface area contributed by atoms with Crippen LogP contribution >= 0.6 is 33.9 Å². The molecule has 126 valence electrons. The summed E-state index contributed by atoms with van der Waals surface area (Å²) in [4.78, 5) is 5.69. The molecule has 1 N–H and O–H groups in total. The Balaban J connectivity index is 1.65. The van der Waals surface area contributed by atoms with Crippen LogP contribution in [-0.2, 0) is 10.0 Å². The van der Waals surface area contributed by atoms with Crippen molar-refractivity contribution in [2.24, 2.45) is 0 Å². The second-order valence-corrected chi connectivity index (χ2v) is 9.16. The van der Waals surface area contributed by atoms with E-state index in [9.17, 15) is 8.42 Å². The van der Waals surface area contributed by atoms with Crippen molar-refractivity contribution < 1.29 is 8.42 Å². The van der Waals surface area contributed by atoms with E-state index in [0.29, 0.717) is 5.69 Å². The first kappa shape index (κ1) is 16.6. The number of rotatable bonds is 4. The lowest BCUT2D eigenvalue weighted by molar-refractivity contribution is 0.601. The highest BCUT2D eigenvalue weighted by Crippen LogP contribution is 2.25. The van der Waals surface area contributed by atoms with Crippen molar-refractivity contribution in [1.29, 1.82) is 0 Å². The molecule has 0 unspecified atom stereocenters. The highest BCUT2D eigenvalue weighted by atomic mass is 127. The minimum absolute atomic E-state index is 0.237. The molecule has 0 amide bonds. The minimum atomic E-state index is -3.62. The second kappa shape index (κ2) is 6.43. The van der Waals surface area contributed by atoms with Gasteiger partial charge in [-0.05, 0) is 59.0 Å². The Morgan fingerprint density at radius 2 is 1.92 bits per heavy atom. The fourth-order valence-electron chi connectivity index (χ4n) is 2.44. The molecule has 0 atom stereocenters. The number of halogens is 1. The van der Waals surface area contributed by atoms with Gasteiger partial charge in [0.25, 0.3) is 10.0 Å². The van der Waals surface area contributed by atoms with Crippen molar-refractivity contribution >= 4 is 54.6 Å². The standard InChI is InChI=1S/C17H12IN3O2S2/c18-13-4-6-15(7-5-13)25(22,23)20-14-3-1-2-12(10-14)16-11-21-8-9-24-17(21)19-16/h1-11,20H. The quantitative estimate of drug-likeness (QED) is 0.438. The maximum absolute atomic E-state index is 12.5. The van der Waals surface area contributed by atoms with Crippen LogP contribution in [0.2, 0.25) is 0 Å². The first-order valence-corrected chi connectivity index (χ1v) is 10.8. The molecule has 4 aromatic rings. The van der Waals surface area contributed by atoms with Gasteiger partial charge < -0.3 is 0 Å². The van der Waals surface area contributed by atoms with Crippen molar-refractivity contribution in [3.8, 4) is 11.3 Å². The van der Waals surface area contributed by atoms with Crippen molar-refractivity contribution in [1.82, 2.24) is 9.38 Å². The summed E-state index contributed by atoms with van der Waals surface area (Å²) in [5, 5.41) is 1.97. The molecular formula is C17H12IN3O2S2. The Kier molecular flexibility index (Phi) is 4.26. The van der Waals surface area contributed by atoms with E-state index in [1.807, 2.05) is 34.3 Å². The van der Waals surface area contributed by atoms with Gasteiger partial charge in [-0.3, -0.25) is 9.12 Å². The molecule has 0 saturated carbocycles. The summed E-state index contributed by atoms with van der Waals surface area (Å²) < 4.78 is 30.6. The number of aromatic nitrogens is 2. The van der Waals surface area contributed by atoms with Gasteiger partial charge in [0.1, 0.15) is 0 Å². The van der Waals surface area contributed by atoms with Crippen LogP contribution in [-0.4, -0.2) is 17.8 Å². The van der Waals surface area contributed by atoms with Gasteiger partial charge in [0, 0.05) is 32.6 Å². The van der Waals surface area contributed by atoms with Crippen LogP contribution in [0.4, 0.5) is 5.69 Å². The monoisotopic (exact) mass is 481 g/mol. The molecule has 0 aliphatic heterocycles. The number of hydrogen-bond acceptors (Lipinski definition) is 4. The molecule has 0 bridgehead atoms. The van der Waals surface area contributed by atoms with E-state index in [2.05, 4.69) is 32.3 Å². The summed E-state index contributed by atoms with van der Waals surface area (Å²) in [5.74, 6) is 0. The van der Waals surface area contributed by atoms with Crippen LogP contribution in [0.3, 0.4) is 0 Å². The molecule has 0 spiro atoms. The van der Waals surface area contributed by atoms with Crippen molar-refractivity contribution in [3.05, 3.63) is 69.9 Å². The maximum atomic E-state index is 12.5. The van der Waals surface area contributed by atoms with E-state index in [1.165, 1.54) is 0 Å². The molecule has 4 rings (SSSR count). The van der Waals surface area contributed by atoms with Crippen LogP contribution in [0.5, 0.6) is 0 Å². The van der Waals surface area contributed by atoms with Gasteiger partial charge in [-0.1, -0.05) is 12.1 Å². The molecule has 2 heterocycles. The number of benzene rings is 2. The van der Waals surface area contributed by atoms with Crippen molar-refractivity contribution in [3.63, 3.8) is 0 Å². The third kappa shape index (κ3) is 3.42. The lowest BCUT2D eigenvalue weighted by Gasteiger charge is -2.09. The number of fused-ring (bicyclic) bond motifs is 1. The Morgan fingerprint density at radius 3 is 2.68 bits per heavy atom. The van der Waals surface area contributed by atoms with Gasteiger partial charge in [0.15, 0.2) is 4.96 Å². The third-order valence-corrected chi connectivity index (χ3v) is 6.51. The average molecular weight is 481 g/mol. The third-order valence-electron chi connectivity index (χ3n) is 3.63. The first-order valence-electron chi connectivity index (χ1n) is 7.32. The topological polar surface area (TPSA) is 63.5 Å². The van der Waals surface area contributed by atoms with Crippen LogP contribution in [0.1, 0.15) is 0 Å². The summed E-state index contributed by atoms with van der Waals surface area (Å²) in [6.07, 6.45) is 3.87. The molecule has 0 radical (unpaired) electrons. The van der Waals surface area contributed by atoms with Crippen LogP contribution in [0.15, 0.2) is 71.2 Å². The Labute approximate surface area is 162 Å². The van der Waals surface area contributed by atoms with E-state index in [0.717, 1.165) is 19.8 Å². The van der Waals surface area contributed by atoms with Crippen molar-refractivity contribution in [2.75, 3.05) is 4.72 Å². The average Bonchev–Trinajstić information content (AvgIpc) is 3.17. The van der Waals surface area contributed by atoms with Crippen molar-refractivity contribution in [2.45, 2.75) is 4.90 Å². The molecule has 25 heavy (non-hydrogen) atoms. The van der Waals surface area contributed by atoms with E-state index < -0.39 is 10.0 Å². The molecule has 0 saturated heterocycles. The van der Waals surface area contributed by atoms with Gasteiger partial charge >= 0.3 is 0 Å². The molecule has 2 aromatic heterocycles. The van der Waals surface area contributed by atoms with Gasteiger partial charge in [-0.25, -0.2) is 13.4 Å². The summed E-state index contributed by atoms with van der Waals surface area (Å²) in [6, 6.07) is 14.0. The predicted octanol–water partition coefficient (Wildman–Crippen LogP) is 4.47. The van der Waals surface area contributed by atoms with Gasteiger partial charge in [-0.15, -0.1) is 11.3 Å². The first-order chi connectivity index (χ1) is 12.0. The lowest BCUT2D eigenvalue weighted by Crippen LogP contribution is -2.12. The minimum Gasteiger partial charge on any atom is -0.297 e. The van der Waals surface area contributed by atoms with Crippen LogP contribution < -0.4 is 4.72 Å². The van der Waals surface area contributed by atoms with E-state index in [1.54, 1.807) is 47.7 Å². The summed E-state index contributed by atoms with van der Waals surface area (Å²) in [7, 11) is -3.62. The highest BCUT2D eigenvalue weighted by molar-refractivity contribution is 14.1. The number of imidazole rings is 1. The van der Waals surface area contributed by atoms with E-state index >= 15 is 0 Å². The fraction of sp³-hybridized carbons (Fsp3) is 0. The SMILES string of the molecule is O=S(=O)(Nc1cccc(-c2cn3ccsc3n2)c1)c1ccc(I)cc1. The summed E-state index contributed by atoms with van der Waals surface area (Å²) >= 11 is 3.70. The Morgan fingerprint density at radius 1 is 1.12 bits per heavy atom. The zero-order valence-corrected chi connectivity index (χ0v) is 16.5. The smallest absolute Gasteiger partial charge is 0.261 e. The predicted molar refractivity (Wildman–Crippen MR) is 108 cm³/mol. The largest absolute Gasteiger partial charge is 0.297 e. The van der Waals surface area contributed by atoms with Crippen LogP contribution in [0, 0.1) is 3.57 Å². The zero-order valence-electron chi connectivity index (χ0n) is 12.8. The molecule has 5 nitrogen and oxygen atoms in total. The number of nitrogens with zero attached hydrogens (tertiary/aromatic N) is 2.